The molecule has 0 radical (unpaired) electrons. The molecule has 122 valence electrons. The van der Waals surface area contributed by atoms with Gasteiger partial charge in [-0.05, 0) is 44.0 Å². The number of amides is 2. The van der Waals surface area contributed by atoms with Crippen LogP contribution in [0.4, 0.5) is 9.18 Å². The van der Waals surface area contributed by atoms with Crippen molar-refractivity contribution in [1.29, 1.82) is 0 Å². The molecule has 0 spiro atoms. The summed E-state index contributed by atoms with van der Waals surface area (Å²) in [6.07, 6.45) is 1.80. The van der Waals surface area contributed by atoms with Crippen molar-refractivity contribution >= 4 is 6.03 Å². The minimum Gasteiger partial charge on any atom is -0.339 e. The Kier molecular flexibility index (Phi) is 4.55. The van der Waals surface area contributed by atoms with Crippen molar-refractivity contribution in [2.75, 3.05) is 19.6 Å². The molecular weight excluding hydrogens is 299 g/mol. The molecule has 1 aromatic carbocycles. The van der Waals surface area contributed by atoms with Crippen molar-refractivity contribution in [3.63, 3.8) is 0 Å². The standard InChI is InChI=1S/C16H19FN4O2/c1-2-18-16(22)21-9-3-4-12(10-21)15-19-14(20-23-15)11-5-7-13(17)8-6-11/h5-8,12H,2-4,9-10H2,1H3,(H,18,22)/t12-/m0/s1. The van der Waals surface area contributed by atoms with Gasteiger partial charge in [-0.25, -0.2) is 9.18 Å². The summed E-state index contributed by atoms with van der Waals surface area (Å²) in [7, 11) is 0. The molecule has 2 aromatic rings. The number of carbonyl (C=O) groups is 1. The van der Waals surface area contributed by atoms with Gasteiger partial charge in [0.1, 0.15) is 5.82 Å². The number of nitrogens with zero attached hydrogens (tertiary/aromatic N) is 3. The van der Waals surface area contributed by atoms with Gasteiger partial charge in [0.2, 0.25) is 11.7 Å². The fourth-order valence-corrected chi connectivity index (χ4v) is 2.74. The fourth-order valence-electron chi connectivity index (χ4n) is 2.74. The van der Waals surface area contributed by atoms with E-state index in [0.29, 0.717) is 30.4 Å². The fraction of sp³-hybridized carbons (Fsp3) is 0.438. The van der Waals surface area contributed by atoms with Gasteiger partial charge >= 0.3 is 6.03 Å². The highest BCUT2D eigenvalue weighted by Gasteiger charge is 2.28. The van der Waals surface area contributed by atoms with Crippen molar-refractivity contribution in [1.82, 2.24) is 20.4 Å². The second kappa shape index (κ2) is 6.76. The lowest BCUT2D eigenvalue weighted by Crippen LogP contribution is -2.44. The zero-order valence-electron chi connectivity index (χ0n) is 13.0. The molecule has 2 amide bonds. The summed E-state index contributed by atoms with van der Waals surface area (Å²) in [6, 6.07) is 5.90. The lowest BCUT2D eigenvalue weighted by molar-refractivity contribution is 0.172. The van der Waals surface area contributed by atoms with Crippen LogP contribution in [0.15, 0.2) is 28.8 Å². The molecule has 1 N–H and O–H groups in total. The highest BCUT2D eigenvalue weighted by atomic mass is 19.1. The molecule has 1 saturated heterocycles. The van der Waals surface area contributed by atoms with Crippen LogP contribution in [0.5, 0.6) is 0 Å². The zero-order chi connectivity index (χ0) is 16.2. The summed E-state index contributed by atoms with van der Waals surface area (Å²) >= 11 is 0. The Labute approximate surface area is 133 Å². The average molecular weight is 318 g/mol. The molecule has 7 heteroatoms. The second-order valence-corrected chi connectivity index (χ2v) is 5.58. The van der Waals surface area contributed by atoms with Gasteiger partial charge in [0.25, 0.3) is 0 Å². The maximum atomic E-state index is 13.0. The summed E-state index contributed by atoms with van der Waals surface area (Å²) in [5, 5.41) is 6.78. The quantitative estimate of drug-likeness (QED) is 0.944. The molecule has 1 atom stereocenters. The Balaban J connectivity index is 1.72. The van der Waals surface area contributed by atoms with Gasteiger partial charge in [-0.15, -0.1) is 0 Å². The Morgan fingerprint density at radius 2 is 2.22 bits per heavy atom. The minimum absolute atomic E-state index is 0.0352. The summed E-state index contributed by atoms with van der Waals surface area (Å²) in [5.74, 6) is 0.698. The first-order valence-corrected chi connectivity index (χ1v) is 7.79. The molecular formula is C16H19FN4O2. The molecule has 0 aliphatic carbocycles. The third-order valence-corrected chi connectivity index (χ3v) is 3.93. The maximum Gasteiger partial charge on any atom is 0.317 e. The first-order chi connectivity index (χ1) is 11.2. The summed E-state index contributed by atoms with van der Waals surface area (Å²) in [6.45, 7) is 3.81. The number of nitrogens with one attached hydrogen (secondary N) is 1. The van der Waals surface area contributed by atoms with Crippen LogP contribution in [0.1, 0.15) is 31.6 Å². The molecule has 0 unspecified atom stereocenters. The van der Waals surface area contributed by atoms with E-state index in [1.165, 1.54) is 12.1 Å². The normalized spacial score (nSPS) is 18.0. The van der Waals surface area contributed by atoms with Gasteiger partial charge in [-0.3, -0.25) is 0 Å². The van der Waals surface area contributed by atoms with Crippen LogP contribution in [-0.4, -0.2) is 40.7 Å². The van der Waals surface area contributed by atoms with E-state index in [9.17, 15) is 9.18 Å². The van der Waals surface area contributed by atoms with E-state index in [1.54, 1.807) is 17.0 Å². The number of carbonyl (C=O) groups excluding carboxylic acids is 1. The third kappa shape index (κ3) is 3.49. The molecule has 23 heavy (non-hydrogen) atoms. The van der Waals surface area contributed by atoms with Gasteiger partial charge in [0, 0.05) is 25.2 Å². The smallest absolute Gasteiger partial charge is 0.317 e. The Bertz CT molecular complexity index is 671. The maximum absolute atomic E-state index is 13.0. The number of rotatable bonds is 3. The number of urea groups is 1. The van der Waals surface area contributed by atoms with E-state index in [4.69, 9.17) is 4.52 Å². The largest absolute Gasteiger partial charge is 0.339 e. The van der Waals surface area contributed by atoms with Gasteiger partial charge in [0.15, 0.2) is 0 Å². The molecule has 3 rings (SSSR count). The van der Waals surface area contributed by atoms with Crippen LogP contribution in [0.3, 0.4) is 0 Å². The minimum atomic E-state index is -0.303. The lowest BCUT2D eigenvalue weighted by atomic mass is 9.98. The topological polar surface area (TPSA) is 71.3 Å². The molecule has 1 aromatic heterocycles. The average Bonchev–Trinajstić information content (AvgIpc) is 3.06. The van der Waals surface area contributed by atoms with Crippen molar-refractivity contribution < 1.29 is 13.7 Å². The Morgan fingerprint density at radius 1 is 1.43 bits per heavy atom. The Morgan fingerprint density at radius 3 is 2.96 bits per heavy atom. The third-order valence-electron chi connectivity index (χ3n) is 3.93. The van der Waals surface area contributed by atoms with Crippen molar-refractivity contribution in [3.05, 3.63) is 36.0 Å². The number of halogens is 1. The molecule has 1 fully saturated rings. The Hall–Kier alpha value is -2.44. The first-order valence-electron chi connectivity index (χ1n) is 7.79. The van der Waals surface area contributed by atoms with Crippen molar-refractivity contribution in [2.45, 2.75) is 25.7 Å². The SMILES string of the molecule is CCNC(=O)N1CCC[C@H](c2nc(-c3ccc(F)cc3)no2)C1. The van der Waals surface area contributed by atoms with Gasteiger partial charge in [-0.1, -0.05) is 5.16 Å². The number of aromatic nitrogens is 2. The van der Waals surface area contributed by atoms with E-state index in [1.807, 2.05) is 6.92 Å². The first kappa shape index (κ1) is 15.5. The predicted molar refractivity (Wildman–Crippen MR) is 82.3 cm³/mol. The van der Waals surface area contributed by atoms with Crippen LogP contribution < -0.4 is 5.32 Å². The molecule has 0 bridgehead atoms. The molecule has 6 nitrogen and oxygen atoms in total. The highest BCUT2D eigenvalue weighted by Crippen LogP contribution is 2.27. The van der Waals surface area contributed by atoms with Crippen molar-refractivity contribution in [3.8, 4) is 11.4 Å². The lowest BCUT2D eigenvalue weighted by Gasteiger charge is -2.30. The van der Waals surface area contributed by atoms with Crippen LogP contribution >= 0.6 is 0 Å². The van der Waals surface area contributed by atoms with E-state index in [2.05, 4.69) is 15.5 Å². The molecule has 0 saturated carbocycles. The van der Waals surface area contributed by atoms with Gasteiger partial charge in [0.05, 0.1) is 5.92 Å². The molecule has 1 aliphatic rings. The van der Waals surface area contributed by atoms with Crippen LogP contribution in [0, 0.1) is 5.82 Å². The van der Waals surface area contributed by atoms with E-state index >= 15 is 0 Å². The van der Waals surface area contributed by atoms with Crippen LogP contribution in [0.25, 0.3) is 11.4 Å². The second-order valence-electron chi connectivity index (χ2n) is 5.58. The van der Waals surface area contributed by atoms with Crippen molar-refractivity contribution in [2.24, 2.45) is 0 Å². The molecule has 2 heterocycles. The van der Waals surface area contributed by atoms with Crippen LogP contribution in [0.2, 0.25) is 0 Å². The molecule has 1 aliphatic heterocycles. The number of benzene rings is 1. The van der Waals surface area contributed by atoms with E-state index in [-0.39, 0.29) is 17.8 Å². The number of hydrogen-bond acceptors (Lipinski definition) is 4. The number of hydrogen-bond donors (Lipinski definition) is 1. The number of piperidine rings is 1. The van der Waals surface area contributed by atoms with Crippen LogP contribution in [-0.2, 0) is 0 Å². The van der Waals surface area contributed by atoms with Gasteiger partial charge < -0.3 is 14.7 Å². The monoisotopic (exact) mass is 318 g/mol. The zero-order valence-corrected chi connectivity index (χ0v) is 13.0. The summed E-state index contributed by atoms with van der Waals surface area (Å²) in [5.41, 5.74) is 0.706. The van der Waals surface area contributed by atoms with E-state index < -0.39 is 0 Å². The summed E-state index contributed by atoms with van der Waals surface area (Å²) < 4.78 is 18.3. The van der Waals surface area contributed by atoms with Gasteiger partial charge in [-0.2, -0.15) is 4.98 Å². The van der Waals surface area contributed by atoms with E-state index in [0.717, 1.165) is 19.4 Å². The number of likely N-dealkylation sites (tertiary alicyclic amines) is 1. The predicted octanol–water partition coefficient (Wildman–Crippen LogP) is 2.78. The highest BCUT2D eigenvalue weighted by molar-refractivity contribution is 5.74. The summed E-state index contributed by atoms with van der Waals surface area (Å²) in [4.78, 5) is 18.1.